The first kappa shape index (κ1) is 13.9. The van der Waals surface area contributed by atoms with Crippen LogP contribution in [0.25, 0.3) is 0 Å². The molecule has 2 N–H and O–H groups in total. The number of piperidine rings is 1. The second-order valence-corrected chi connectivity index (χ2v) is 7.07. The molecule has 0 radical (unpaired) electrons. The van der Waals surface area contributed by atoms with Gasteiger partial charge in [0, 0.05) is 12.3 Å². The molecule has 0 aromatic rings. The van der Waals surface area contributed by atoms with Crippen molar-refractivity contribution in [3.05, 3.63) is 0 Å². The van der Waals surface area contributed by atoms with Gasteiger partial charge in [0.25, 0.3) is 0 Å². The van der Waals surface area contributed by atoms with Crippen LogP contribution >= 0.6 is 0 Å². The van der Waals surface area contributed by atoms with E-state index >= 15 is 0 Å². The first-order valence-electron chi connectivity index (χ1n) is 6.20. The van der Waals surface area contributed by atoms with Crippen molar-refractivity contribution in [3.63, 3.8) is 0 Å². The van der Waals surface area contributed by atoms with Gasteiger partial charge < -0.3 is 10.6 Å². The molecule has 4 nitrogen and oxygen atoms in total. The van der Waals surface area contributed by atoms with E-state index in [0.29, 0.717) is 12.3 Å². The van der Waals surface area contributed by atoms with Gasteiger partial charge >= 0.3 is 0 Å². The largest absolute Gasteiger partial charge is 0.330 e. The second-order valence-electron chi connectivity index (χ2n) is 4.60. The lowest BCUT2D eigenvalue weighted by atomic mass is 9.94. The molecule has 1 heterocycles. The van der Waals surface area contributed by atoms with Gasteiger partial charge in [0.15, 0.2) is 9.84 Å². The molecule has 1 saturated heterocycles. The van der Waals surface area contributed by atoms with Gasteiger partial charge in [-0.2, -0.15) is 0 Å². The Labute approximate surface area is 99.1 Å². The van der Waals surface area contributed by atoms with E-state index in [1.165, 1.54) is 12.8 Å². The molecule has 5 heteroatoms. The Hall–Kier alpha value is -0.130. The monoisotopic (exact) mass is 248 g/mol. The zero-order valence-electron chi connectivity index (χ0n) is 10.2. The molecule has 0 aliphatic carbocycles. The summed E-state index contributed by atoms with van der Waals surface area (Å²) in [5.74, 6) is 1.32. The highest BCUT2D eigenvalue weighted by molar-refractivity contribution is 7.91. The van der Waals surface area contributed by atoms with Gasteiger partial charge in [-0.25, -0.2) is 8.42 Å². The Morgan fingerprint density at radius 3 is 2.44 bits per heavy atom. The third-order valence-electron chi connectivity index (χ3n) is 3.44. The Bertz CT molecular complexity index is 282. The first-order chi connectivity index (χ1) is 7.57. The van der Waals surface area contributed by atoms with Crippen molar-refractivity contribution in [1.29, 1.82) is 0 Å². The average molecular weight is 248 g/mol. The van der Waals surface area contributed by atoms with Crippen LogP contribution in [0.3, 0.4) is 0 Å². The zero-order valence-corrected chi connectivity index (χ0v) is 11.0. The fourth-order valence-electron chi connectivity index (χ4n) is 2.15. The van der Waals surface area contributed by atoms with Crippen molar-refractivity contribution in [3.8, 4) is 0 Å². The molecule has 16 heavy (non-hydrogen) atoms. The molecule has 0 saturated carbocycles. The highest BCUT2D eigenvalue weighted by atomic mass is 32.2. The van der Waals surface area contributed by atoms with Crippen LogP contribution in [0.2, 0.25) is 0 Å². The number of nitrogens with two attached hydrogens (primary N) is 1. The molecule has 0 aromatic carbocycles. The Morgan fingerprint density at radius 1 is 1.31 bits per heavy atom. The molecule has 0 aromatic heterocycles. The number of likely N-dealkylation sites (tertiary alicyclic amines) is 1. The number of rotatable bonds is 6. The highest BCUT2D eigenvalue weighted by Crippen LogP contribution is 2.19. The maximum atomic E-state index is 11.4. The van der Waals surface area contributed by atoms with Gasteiger partial charge in [0.2, 0.25) is 0 Å². The summed E-state index contributed by atoms with van der Waals surface area (Å²) in [6, 6.07) is 0. The average Bonchev–Trinajstić information content (AvgIpc) is 2.29. The first-order valence-corrected chi connectivity index (χ1v) is 8.02. The Balaban J connectivity index is 2.22. The van der Waals surface area contributed by atoms with Crippen LogP contribution in [0.15, 0.2) is 0 Å². The Kier molecular flexibility index (Phi) is 5.72. The minimum Gasteiger partial charge on any atom is -0.330 e. The van der Waals surface area contributed by atoms with Gasteiger partial charge in [0.05, 0.1) is 5.75 Å². The van der Waals surface area contributed by atoms with Crippen molar-refractivity contribution in [2.24, 2.45) is 11.7 Å². The molecule has 0 bridgehead atoms. The van der Waals surface area contributed by atoms with Crippen LogP contribution in [0.4, 0.5) is 0 Å². The van der Waals surface area contributed by atoms with E-state index in [0.717, 1.165) is 32.0 Å². The van der Waals surface area contributed by atoms with E-state index in [2.05, 4.69) is 4.90 Å². The summed E-state index contributed by atoms with van der Waals surface area (Å²) in [5.41, 5.74) is 5.53. The van der Waals surface area contributed by atoms with Crippen molar-refractivity contribution in [1.82, 2.24) is 4.90 Å². The molecular weight excluding hydrogens is 224 g/mol. The molecular formula is C11H24N2O2S. The fraction of sp³-hybridized carbons (Fsp3) is 1.00. The summed E-state index contributed by atoms with van der Waals surface area (Å²) in [4.78, 5) is 2.26. The van der Waals surface area contributed by atoms with E-state index in [1.807, 2.05) is 0 Å². The van der Waals surface area contributed by atoms with Crippen LogP contribution < -0.4 is 5.73 Å². The third kappa shape index (κ3) is 4.80. The van der Waals surface area contributed by atoms with Crippen LogP contribution in [0.5, 0.6) is 0 Å². The van der Waals surface area contributed by atoms with Crippen molar-refractivity contribution >= 4 is 9.84 Å². The minimum absolute atomic E-state index is 0.261. The lowest BCUT2D eigenvalue weighted by Crippen LogP contribution is -2.37. The summed E-state index contributed by atoms with van der Waals surface area (Å²) < 4.78 is 22.7. The van der Waals surface area contributed by atoms with E-state index < -0.39 is 9.84 Å². The van der Waals surface area contributed by atoms with Crippen LogP contribution in [-0.2, 0) is 9.84 Å². The fourth-order valence-corrected chi connectivity index (χ4v) is 2.97. The maximum Gasteiger partial charge on any atom is 0.151 e. The van der Waals surface area contributed by atoms with Crippen LogP contribution in [-0.4, -0.2) is 51.0 Å². The summed E-state index contributed by atoms with van der Waals surface area (Å²) in [5, 5.41) is 0. The summed E-state index contributed by atoms with van der Waals surface area (Å²) in [6.07, 6.45) is 3.45. The van der Waals surface area contributed by atoms with E-state index in [-0.39, 0.29) is 5.75 Å². The maximum absolute atomic E-state index is 11.4. The summed E-state index contributed by atoms with van der Waals surface area (Å²) in [7, 11) is -2.80. The predicted octanol–water partition coefficient (Wildman–Crippen LogP) is 0.482. The van der Waals surface area contributed by atoms with Gasteiger partial charge in [0.1, 0.15) is 0 Å². The van der Waals surface area contributed by atoms with Crippen LogP contribution in [0, 0.1) is 5.92 Å². The number of nitrogens with zero attached hydrogens (tertiary/aromatic N) is 1. The molecule has 0 unspecified atom stereocenters. The van der Waals surface area contributed by atoms with Crippen molar-refractivity contribution < 1.29 is 8.42 Å². The predicted molar refractivity (Wildman–Crippen MR) is 67.2 cm³/mol. The summed E-state index contributed by atoms with van der Waals surface area (Å²) >= 11 is 0. The number of sulfone groups is 1. The van der Waals surface area contributed by atoms with Gasteiger partial charge in [-0.3, -0.25) is 0 Å². The van der Waals surface area contributed by atoms with Gasteiger partial charge in [-0.1, -0.05) is 6.92 Å². The number of hydrogen-bond acceptors (Lipinski definition) is 4. The standard InChI is InChI=1S/C11H24N2O2S/c1-2-16(14,15)10-9-13-7-4-11(3-6-12)5-8-13/h11H,2-10,12H2,1H3. The quantitative estimate of drug-likeness (QED) is 0.743. The lowest BCUT2D eigenvalue weighted by molar-refractivity contribution is 0.189. The summed E-state index contributed by atoms with van der Waals surface area (Å²) in [6.45, 7) is 5.25. The van der Waals surface area contributed by atoms with E-state index in [1.54, 1.807) is 6.92 Å². The normalized spacial score (nSPS) is 20.1. The zero-order chi connectivity index (χ0) is 12.0. The van der Waals surface area contributed by atoms with E-state index in [4.69, 9.17) is 5.73 Å². The molecule has 1 aliphatic heterocycles. The molecule has 0 amide bonds. The minimum atomic E-state index is -2.80. The second kappa shape index (κ2) is 6.57. The SMILES string of the molecule is CCS(=O)(=O)CCN1CCC(CCN)CC1. The molecule has 0 spiro atoms. The number of hydrogen-bond donors (Lipinski definition) is 1. The van der Waals surface area contributed by atoms with Crippen molar-refractivity contribution in [2.45, 2.75) is 26.2 Å². The van der Waals surface area contributed by atoms with Gasteiger partial charge in [-0.15, -0.1) is 0 Å². The molecule has 1 fully saturated rings. The Morgan fingerprint density at radius 2 is 1.94 bits per heavy atom. The van der Waals surface area contributed by atoms with Crippen molar-refractivity contribution in [2.75, 3.05) is 37.7 Å². The van der Waals surface area contributed by atoms with Crippen LogP contribution in [0.1, 0.15) is 26.2 Å². The molecule has 1 rings (SSSR count). The lowest BCUT2D eigenvalue weighted by Gasteiger charge is -2.31. The molecule has 96 valence electrons. The molecule has 0 atom stereocenters. The third-order valence-corrected chi connectivity index (χ3v) is 5.12. The smallest absolute Gasteiger partial charge is 0.151 e. The van der Waals surface area contributed by atoms with E-state index in [9.17, 15) is 8.42 Å². The topological polar surface area (TPSA) is 63.4 Å². The van der Waals surface area contributed by atoms with Gasteiger partial charge in [-0.05, 0) is 44.8 Å². The highest BCUT2D eigenvalue weighted by Gasteiger charge is 2.19. The molecule has 1 aliphatic rings.